The van der Waals surface area contributed by atoms with E-state index in [4.69, 9.17) is 0 Å². The summed E-state index contributed by atoms with van der Waals surface area (Å²) in [6.45, 7) is 0. The summed E-state index contributed by atoms with van der Waals surface area (Å²) in [5.41, 5.74) is 0.560. The van der Waals surface area contributed by atoms with E-state index in [1.54, 1.807) is 25.4 Å². The number of aryl methyl sites for hydroxylation is 1. The molecule has 0 aliphatic carbocycles. The minimum atomic E-state index is -0.0592. The fourth-order valence-corrected chi connectivity index (χ4v) is 1.17. The number of aromatic nitrogens is 5. The highest BCUT2D eigenvalue weighted by Crippen LogP contribution is 2.01. The molecular formula is C9H9N5O. The average Bonchev–Trinajstić information content (AvgIpc) is 2.65. The zero-order valence-corrected chi connectivity index (χ0v) is 8.16. The molecule has 2 aromatic rings. The van der Waals surface area contributed by atoms with Crippen LogP contribution in [0.5, 0.6) is 0 Å². The van der Waals surface area contributed by atoms with Crippen molar-refractivity contribution in [2.24, 2.45) is 7.05 Å². The molecule has 0 amide bonds. The van der Waals surface area contributed by atoms with E-state index in [9.17, 15) is 4.79 Å². The summed E-state index contributed by atoms with van der Waals surface area (Å²) in [6, 6.07) is 3.43. The number of nitrogens with zero attached hydrogens (tertiary/aromatic N) is 5. The van der Waals surface area contributed by atoms with E-state index in [0.29, 0.717) is 11.4 Å². The molecule has 0 aliphatic heterocycles. The minimum Gasteiger partial charge on any atom is -0.294 e. The molecule has 0 N–H and O–H groups in total. The molecule has 0 fully saturated rings. The number of ketones is 1. The largest absolute Gasteiger partial charge is 0.294 e. The molecule has 2 rings (SSSR count). The maximum absolute atomic E-state index is 11.7. The summed E-state index contributed by atoms with van der Waals surface area (Å²) in [7, 11) is 1.66. The predicted molar refractivity (Wildman–Crippen MR) is 51.1 cm³/mol. The van der Waals surface area contributed by atoms with Gasteiger partial charge in [0.05, 0.1) is 13.5 Å². The Bertz CT molecular complexity index is 464. The second kappa shape index (κ2) is 3.95. The third-order valence-electron chi connectivity index (χ3n) is 1.85. The number of hydrogen-bond donors (Lipinski definition) is 0. The monoisotopic (exact) mass is 203 g/mol. The normalized spacial score (nSPS) is 10.2. The van der Waals surface area contributed by atoms with Crippen LogP contribution >= 0.6 is 0 Å². The number of carbonyl (C=O) groups excluding carboxylic acids is 1. The fraction of sp³-hybridized carbons (Fsp3) is 0.222. The van der Waals surface area contributed by atoms with Crippen molar-refractivity contribution in [1.82, 2.24) is 25.2 Å². The first-order valence-electron chi connectivity index (χ1n) is 4.42. The molecule has 2 heterocycles. The van der Waals surface area contributed by atoms with Gasteiger partial charge in [0.2, 0.25) is 0 Å². The lowest BCUT2D eigenvalue weighted by Crippen LogP contribution is -2.05. The van der Waals surface area contributed by atoms with Crippen molar-refractivity contribution in [3.63, 3.8) is 0 Å². The zero-order valence-electron chi connectivity index (χ0n) is 8.16. The van der Waals surface area contributed by atoms with Crippen LogP contribution in [0.1, 0.15) is 16.2 Å². The van der Waals surface area contributed by atoms with E-state index in [1.165, 1.54) is 11.0 Å². The van der Waals surface area contributed by atoms with Gasteiger partial charge in [-0.15, -0.1) is 10.2 Å². The standard InChI is InChI=1S/C9H9N5O/c1-14-12-9(11-13-14)5-8(15)7-3-2-4-10-6-7/h2-4,6H,5H2,1H3. The van der Waals surface area contributed by atoms with Crippen molar-refractivity contribution >= 4 is 5.78 Å². The lowest BCUT2D eigenvalue weighted by molar-refractivity contribution is 0.0990. The predicted octanol–water partition coefficient (Wildman–Crippen LogP) is 0.0305. The van der Waals surface area contributed by atoms with E-state index in [1.807, 2.05) is 0 Å². The van der Waals surface area contributed by atoms with Crippen molar-refractivity contribution < 1.29 is 4.79 Å². The number of hydrogen-bond acceptors (Lipinski definition) is 5. The van der Waals surface area contributed by atoms with Gasteiger partial charge in [0.15, 0.2) is 11.6 Å². The Morgan fingerprint density at radius 2 is 2.40 bits per heavy atom. The molecule has 0 unspecified atom stereocenters. The van der Waals surface area contributed by atoms with Gasteiger partial charge in [0.25, 0.3) is 0 Å². The summed E-state index contributed by atoms with van der Waals surface area (Å²) < 4.78 is 0. The lowest BCUT2D eigenvalue weighted by Gasteiger charge is -1.95. The van der Waals surface area contributed by atoms with Gasteiger partial charge in [-0.1, -0.05) is 0 Å². The first-order chi connectivity index (χ1) is 7.25. The van der Waals surface area contributed by atoms with Crippen LogP contribution in [0.3, 0.4) is 0 Å². The molecule has 0 saturated carbocycles. The highest BCUT2D eigenvalue weighted by Gasteiger charge is 2.10. The molecule has 15 heavy (non-hydrogen) atoms. The molecule has 0 atom stereocenters. The maximum Gasteiger partial charge on any atom is 0.182 e. The quantitative estimate of drug-likeness (QED) is 0.658. The van der Waals surface area contributed by atoms with Gasteiger partial charge in [-0.3, -0.25) is 9.78 Å². The van der Waals surface area contributed by atoms with Gasteiger partial charge in [-0.2, -0.15) is 4.80 Å². The van der Waals surface area contributed by atoms with Gasteiger partial charge in [0, 0.05) is 18.0 Å². The van der Waals surface area contributed by atoms with E-state index >= 15 is 0 Å². The Morgan fingerprint density at radius 1 is 1.53 bits per heavy atom. The van der Waals surface area contributed by atoms with Crippen LogP contribution in [0.25, 0.3) is 0 Å². The smallest absolute Gasteiger partial charge is 0.182 e. The van der Waals surface area contributed by atoms with Gasteiger partial charge in [-0.25, -0.2) is 0 Å². The van der Waals surface area contributed by atoms with Gasteiger partial charge in [0.1, 0.15) is 0 Å². The molecule has 6 heteroatoms. The van der Waals surface area contributed by atoms with Gasteiger partial charge in [-0.05, 0) is 17.3 Å². The second-order valence-electron chi connectivity index (χ2n) is 3.04. The second-order valence-corrected chi connectivity index (χ2v) is 3.04. The lowest BCUT2D eigenvalue weighted by atomic mass is 10.1. The Balaban J connectivity index is 2.11. The summed E-state index contributed by atoms with van der Waals surface area (Å²) in [6.07, 6.45) is 3.30. The van der Waals surface area contributed by atoms with Crippen LogP contribution in [0, 0.1) is 0 Å². The van der Waals surface area contributed by atoms with Gasteiger partial charge >= 0.3 is 0 Å². The van der Waals surface area contributed by atoms with Gasteiger partial charge < -0.3 is 0 Å². The van der Waals surface area contributed by atoms with Crippen molar-refractivity contribution in [3.05, 3.63) is 35.9 Å². The number of Topliss-reactive ketones (excluding diaryl/α,β-unsaturated/α-hetero) is 1. The third kappa shape index (κ3) is 2.22. The molecule has 2 aromatic heterocycles. The van der Waals surface area contributed by atoms with E-state index < -0.39 is 0 Å². The summed E-state index contributed by atoms with van der Waals surface area (Å²) in [5.74, 6) is 0.363. The Morgan fingerprint density at radius 3 is 3.00 bits per heavy atom. The summed E-state index contributed by atoms with van der Waals surface area (Å²) >= 11 is 0. The summed E-state index contributed by atoms with van der Waals surface area (Å²) in [5, 5.41) is 11.3. The van der Waals surface area contributed by atoms with Crippen molar-refractivity contribution in [3.8, 4) is 0 Å². The first-order valence-corrected chi connectivity index (χ1v) is 4.42. The minimum absolute atomic E-state index is 0.0592. The van der Waals surface area contributed by atoms with E-state index in [0.717, 1.165) is 0 Å². The molecule has 6 nitrogen and oxygen atoms in total. The van der Waals surface area contributed by atoms with Crippen LogP contribution in [0.2, 0.25) is 0 Å². The molecule has 0 aromatic carbocycles. The number of carbonyl (C=O) groups is 1. The topological polar surface area (TPSA) is 73.6 Å². The van der Waals surface area contributed by atoms with Crippen LogP contribution in [-0.2, 0) is 13.5 Å². The Labute approximate surface area is 85.9 Å². The molecule has 0 saturated heterocycles. The molecular weight excluding hydrogens is 194 g/mol. The van der Waals surface area contributed by atoms with Crippen LogP contribution in [-0.4, -0.2) is 31.0 Å². The van der Waals surface area contributed by atoms with Crippen molar-refractivity contribution in [1.29, 1.82) is 0 Å². The van der Waals surface area contributed by atoms with E-state index in [2.05, 4.69) is 20.4 Å². The highest BCUT2D eigenvalue weighted by molar-refractivity contribution is 5.96. The third-order valence-corrected chi connectivity index (χ3v) is 1.85. The number of tetrazole rings is 1. The highest BCUT2D eigenvalue weighted by atomic mass is 16.1. The Hall–Kier alpha value is -2.11. The molecule has 0 spiro atoms. The fourth-order valence-electron chi connectivity index (χ4n) is 1.17. The summed E-state index contributed by atoms with van der Waals surface area (Å²) in [4.78, 5) is 16.9. The molecule has 0 aliphatic rings. The van der Waals surface area contributed by atoms with E-state index in [-0.39, 0.29) is 12.2 Å². The molecule has 0 radical (unpaired) electrons. The van der Waals surface area contributed by atoms with Crippen molar-refractivity contribution in [2.75, 3.05) is 0 Å². The molecule has 0 bridgehead atoms. The Kier molecular flexibility index (Phi) is 2.49. The average molecular weight is 203 g/mol. The SMILES string of the molecule is Cn1nnc(CC(=O)c2cccnc2)n1. The van der Waals surface area contributed by atoms with Crippen LogP contribution in [0.4, 0.5) is 0 Å². The van der Waals surface area contributed by atoms with Crippen molar-refractivity contribution in [2.45, 2.75) is 6.42 Å². The number of rotatable bonds is 3. The maximum atomic E-state index is 11.7. The van der Waals surface area contributed by atoms with Crippen LogP contribution in [0.15, 0.2) is 24.5 Å². The number of pyridine rings is 1. The first kappa shape index (κ1) is 9.45. The van der Waals surface area contributed by atoms with Crippen LogP contribution < -0.4 is 0 Å². The zero-order chi connectivity index (χ0) is 10.7. The molecule has 76 valence electrons.